The molecule has 1 saturated carbocycles. The lowest BCUT2D eigenvalue weighted by Gasteiger charge is -2.41. The van der Waals surface area contributed by atoms with Crippen LogP contribution in [0.15, 0.2) is 24.3 Å². The predicted molar refractivity (Wildman–Crippen MR) is 99.6 cm³/mol. The summed E-state index contributed by atoms with van der Waals surface area (Å²) in [6.07, 6.45) is 6.37. The fraction of sp³-hybridized carbons (Fsp3) is 0.632. The summed E-state index contributed by atoms with van der Waals surface area (Å²) in [5, 5.41) is 10.6. The van der Waals surface area contributed by atoms with Gasteiger partial charge in [0.15, 0.2) is 0 Å². The van der Waals surface area contributed by atoms with E-state index in [1.165, 1.54) is 0 Å². The van der Waals surface area contributed by atoms with Gasteiger partial charge in [0.25, 0.3) is 0 Å². The maximum absolute atomic E-state index is 13.1. The van der Waals surface area contributed by atoms with Crippen LogP contribution in [0.1, 0.15) is 51.9 Å². The molecule has 1 spiro atoms. The fourth-order valence-corrected chi connectivity index (χ4v) is 4.76. The highest BCUT2D eigenvalue weighted by molar-refractivity contribution is 7.86. The second-order valence-electron chi connectivity index (χ2n) is 7.74. The van der Waals surface area contributed by atoms with Gasteiger partial charge in [-0.15, -0.1) is 0 Å². The Morgan fingerprint density at radius 2 is 1.73 bits per heavy atom. The molecule has 1 aromatic carbocycles. The van der Waals surface area contributed by atoms with Crippen LogP contribution in [0.3, 0.4) is 0 Å². The molecule has 6 nitrogen and oxygen atoms in total. The Morgan fingerprint density at radius 1 is 1.12 bits per heavy atom. The molecular formula is C19H27NO5S. The SMILES string of the molecule is CCC[C@]1(O)CC[C@@]2(CCN(c3ccc(OS(C)(=O)=O)cc3)C2=O)CC1. The molecular weight excluding hydrogens is 354 g/mol. The number of anilines is 1. The lowest BCUT2D eigenvalue weighted by atomic mass is 9.67. The first-order valence-electron chi connectivity index (χ1n) is 9.20. The van der Waals surface area contributed by atoms with Gasteiger partial charge in [-0.1, -0.05) is 13.3 Å². The second kappa shape index (κ2) is 6.85. The molecule has 1 aromatic rings. The molecule has 2 aliphatic rings. The molecule has 1 heterocycles. The van der Waals surface area contributed by atoms with Crippen LogP contribution >= 0.6 is 0 Å². The Labute approximate surface area is 155 Å². The van der Waals surface area contributed by atoms with E-state index in [9.17, 15) is 18.3 Å². The van der Waals surface area contributed by atoms with Crippen molar-refractivity contribution >= 4 is 21.7 Å². The molecule has 1 N–H and O–H groups in total. The van der Waals surface area contributed by atoms with E-state index in [4.69, 9.17) is 4.18 Å². The number of rotatable bonds is 5. The smallest absolute Gasteiger partial charge is 0.306 e. The average Bonchev–Trinajstić information content (AvgIpc) is 2.88. The third-order valence-electron chi connectivity index (χ3n) is 5.76. The van der Waals surface area contributed by atoms with E-state index in [-0.39, 0.29) is 17.1 Å². The molecule has 7 heteroatoms. The van der Waals surface area contributed by atoms with Crippen LogP contribution in [0.25, 0.3) is 0 Å². The van der Waals surface area contributed by atoms with Gasteiger partial charge in [0.05, 0.1) is 17.3 Å². The zero-order chi connectivity index (χ0) is 19.0. The van der Waals surface area contributed by atoms with Crippen LogP contribution < -0.4 is 9.08 Å². The first-order valence-corrected chi connectivity index (χ1v) is 11.0. The number of hydrogen-bond donors (Lipinski definition) is 1. The van der Waals surface area contributed by atoms with Crippen LogP contribution in [-0.2, 0) is 14.9 Å². The van der Waals surface area contributed by atoms with E-state index in [1.807, 2.05) is 0 Å². The largest absolute Gasteiger partial charge is 0.390 e. The zero-order valence-electron chi connectivity index (χ0n) is 15.4. The lowest BCUT2D eigenvalue weighted by molar-refractivity contribution is -0.130. The number of hydrogen-bond acceptors (Lipinski definition) is 5. The van der Waals surface area contributed by atoms with E-state index in [0.717, 1.165) is 44.0 Å². The highest BCUT2D eigenvalue weighted by Crippen LogP contribution is 2.49. The molecule has 0 atom stereocenters. The molecule has 1 aliphatic carbocycles. The van der Waals surface area contributed by atoms with Crippen LogP contribution in [0, 0.1) is 5.41 Å². The van der Waals surface area contributed by atoms with Gasteiger partial charge in [0, 0.05) is 12.2 Å². The fourth-order valence-electron chi connectivity index (χ4n) is 4.30. The van der Waals surface area contributed by atoms with Crippen molar-refractivity contribution in [3.05, 3.63) is 24.3 Å². The van der Waals surface area contributed by atoms with Crippen LogP contribution in [0.5, 0.6) is 5.75 Å². The summed E-state index contributed by atoms with van der Waals surface area (Å²) in [5.41, 5.74) is -0.220. The molecule has 0 bridgehead atoms. The summed E-state index contributed by atoms with van der Waals surface area (Å²) < 4.78 is 27.2. The van der Waals surface area contributed by atoms with Crippen LogP contribution in [0.4, 0.5) is 5.69 Å². The van der Waals surface area contributed by atoms with Gasteiger partial charge in [-0.25, -0.2) is 0 Å². The Kier molecular flexibility index (Phi) is 5.05. The van der Waals surface area contributed by atoms with Gasteiger partial charge in [-0.3, -0.25) is 4.79 Å². The van der Waals surface area contributed by atoms with Crippen molar-refractivity contribution < 1.29 is 22.5 Å². The Balaban J connectivity index is 1.70. The number of carbonyl (C=O) groups is 1. The summed E-state index contributed by atoms with van der Waals surface area (Å²) in [5.74, 6) is 0.354. The molecule has 1 saturated heterocycles. The third-order valence-corrected chi connectivity index (χ3v) is 6.26. The molecule has 3 rings (SSSR count). The van der Waals surface area contributed by atoms with Crippen molar-refractivity contribution in [2.24, 2.45) is 5.41 Å². The predicted octanol–water partition coefficient (Wildman–Crippen LogP) is 2.85. The van der Waals surface area contributed by atoms with Crippen LogP contribution in [-0.4, -0.2) is 37.8 Å². The van der Waals surface area contributed by atoms with Crippen molar-refractivity contribution in [2.75, 3.05) is 17.7 Å². The lowest BCUT2D eigenvalue weighted by Crippen LogP contribution is -2.43. The molecule has 1 aliphatic heterocycles. The maximum atomic E-state index is 13.1. The zero-order valence-corrected chi connectivity index (χ0v) is 16.2. The standard InChI is InChI=1S/C19H27NO5S/c1-3-8-19(22)11-9-18(10-12-19)13-14-20(17(18)21)15-4-6-16(7-5-15)25-26(2,23)24/h4-7,22H,3,8-14H2,1-2H3/t18-,19-. The molecule has 2 fully saturated rings. The van der Waals surface area contributed by atoms with E-state index >= 15 is 0 Å². The Morgan fingerprint density at radius 3 is 2.27 bits per heavy atom. The second-order valence-corrected chi connectivity index (χ2v) is 9.32. The van der Waals surface area contributed by atoms with E-state index in [2.05, 4.69) is 6.92 Å². The monoisotopic (exact) mass is 381 g/mol. The number of nitrogens with zero attached hydrogens (tertiary/aromatic N) is 1. The first kappa shape index (κ1) is 19.2. The number of benzene rings is 1. The minimum absolute atomic E-state index is 0.118. The first-order chi connectivity index (χ1) is 12.2. The van der Waals surface area contributed by atoms with E-state index in [1.54, 1.807) is 29.2 Å². The Bertz CT molecular complexity index is 764. The number of aliphatic hydroxyl groups is 1. The Hall–Kier alpha value is -1.60. The number of amides is 1. The average molecular weight is 381 g/mol. The topological polar surface area (TPSA) is 83.9 Å². The van der Waals surface area contributed by atoms with Gasteiger partial charge < -0.3 is 14.2 Å². The van der Waals surface area contributed by atoms with Crippen molar-refractivity contribution in [1.29, 1.82) is 0 Å². The summed E-state index contributed by atoms with van der Waals surface area (Å²) in [4.78, 5) is 14.9. The van der Waals surface area contributed by atoms with Gasteiger partial charge >= 0.3 is 10.1 Å². The molecule has 0 radical (unpaired) electrons. The van der Waals surface area contributed by atoms with Gasteiger partial charge in [0.1, 0.15) is 5.75 Å². The summed E-state index contributed by atoms with van der Waals surface area (Å²) >= 11 is 0. The van der Waals surface area contributed by atoms with Gasteiger partial charge in [0.2, 0.25) is 5.91 Å². The third kappa shape index (κ3) is 3.88. The normalized spacial score (nSPS) is 29.3. The highest BCUT2D eigenvalue weighted by atomic mass is 32.2. The molecule has 144 valence electrons. The van der Waals surface area contributed by atoms with Crippen molar-refractivity contribution in [3.8, 4) is 5.75 Å². The van der Waals surface area contributed by atoms with E-state index in [0.29, 0.717) is 19.4 Å². The quantitative estimate of drug-likeness (QED) is 0.793. The minimum Gasteiger partial charge on any atom is -0.390 e. The summed E-state index contributed by atoms with van der Waals surface area (Å²) in [7, 11) is -3.56. The summed E-state index contributed by atoms with van der Waals surface area (Å²) in [6, 6.07) is 6.56. The summed E-state index contributed by atoms with van der Waals surface area (Å²) in [6.45, 7) is 2.72. The molecule has 0 unspecified atom stereocenters. The van der Waals surface area contributed by atoms with Crippen LogP contribution in [0.2, 0.25) is 0 Å². The molecule has 26 heavy (non-hydrogen) atoms. The van der Waals surface area contributed by atoms with Crippen molar-refractivity contribution in [1.82, 2.24) is 0 Å². The number of carbonyl (C=O) groups excluding carboxylic acids is 1. The minimum atomic E-state index is -3.56. The van der Waals surface area contributed by atoms with E-state index < -0.39 is 15.7 Å². The van der Waals surface area contributed by atoms with Gasteiger partial charge in [-0.05, 0) is 62.8 Å². The van der Waals surface area contributed by atoms with Crippen molar-refractivity contribution in [2.45, 2.75) is 57.5 Å². The maximum Gasteiger partial charge on any atom is 0.306 e. The molecule has 1 amide bonds. The highest BCUT2D eigenvalue weighted by Gasteiger charge is 2.51. The van der Waals surface area contributed by atoms with Crippen molar-refractivity contribution in [3.63, 3.8) is 0 Å². The van der Waals surface area contributed by atoms with Gasteiger partial charge in [-0.2, -0.15) is 8.42 Å². The molecule has 0 aromatic heterocycles.